The van der Waals surface area contributed by atoms with Gasteiger partial charge >= 0.3 is 0 Å². The third kappa shape index (κ3) is 16.4. The molecule has 0 aromatic carbocycles. The Morgan fingerprint density at radius 2 is 1.55 bits per heavy atom. The summed E-state index contributed by atoms with van der Waals surface area (Å²) in [5.41, 5.74) is 0. The molecule has 0 fully saturated rings. The smallest absolute Gasteiger partial charge is 0.0701 e. The number of hydrogen-bond donors (Lipinski definition) is 0. The predicted octanol–water partition coefficient (Wildman–Crippen LogP) is 2.91. The Morgan fingerprint density at radius 1 is 0.909 bits per heavy atom. The molecule has 0 amide bonds. The van der Waals surface area contributed by atoms with Crippen LogP contribution in [0.15, 0.2) is 0 Å². The van der Waals surface area contributed by atoms with E-state index < -0.39 is 11.1 Å². The van der Waals surface area contributed by atoms with Crippen molar-refractivity contribution in [3.05, 3.63) is 0 Å². The van der Waals surface area contributed by atoms with Crippen LogP contribution in [0.5, 0.6) is 0 Å². The van der Waals surface area contributed by atoms with Crippen molar-refractivity contribution in [2.75, 3.05) is 45.4 Å². The van der Waals surface area contributed by atoms with Gasteiger partial charge in [0.1, 0.15) is 0 Å². The molecule has 2 unspecified atom stereocenters. The summed E-state index contributed by atoms with van der Waals surface area (Å²) >= 11 is -1.93. The highest BCUT2D eigenvalue weighted by Gasteiger charge is 2.05. The molecule has 0 bridgehead atoms. The summed E-state index contributed by atoms with van der Waals surface area (Å²) in [6.45, 7) is 8.20. The monoisotopic (exact) mass is 337 g/mol. The van der Waals surface area contributed by atoms with Crippen LogP contribution in [-0.4, -0.2) is 54.2 Å². The molecule has 0 aliphatic rings. The highest BCUT2D eigenvalue weighted by Crippen LogP contribution is 2.12. The fourth-order valence-corrected chi connectivity index (χ4v) is 2.45. The Morgan fingerprint density at radius 3 is 2.14 bits per heavy atom. The van der Waals surface area contributed by atoms with Crippen molar-refractivity contribution >= 4 is 11.1 Å². The van der Waals surface area contributed by atoms with Gasteiger partial charge in [0.05, 0.1) is 26.4 Å². The Hall–Kier alpha value is -0.0100. The Labute approximate surface area is 138 Å². The van der Waals surface area contributed by atoms with Crippen molar-refractivity contribution in [1.82, 2.24) is 0 Å². The molecule has 0 rings (SSSR count). The lowest BCUT2D eigenvalue weighted by atomic mass is 10.0. The van der Waals surface area contributed by atoms with Gasteiger partial charge in [-0.3, -0.25) is 4.21 Å². The molecular formula is C16H33O5S-. The highest BCUT2D eigenvalue weighted by atomic mass is 32.2. The fraction of sp³-hybridized carbons (Fsp3) is 1.00. The maximum absolute atomic E-state index is 10.3. The zero-order chi connectivity index (χ0) is 16.5. The van der Waals surface area contributed by atoms with Crippen molar-refractivity contribution in [2.24, 2.45) is 5.92 Å². The fourth-order valence-electron chi connectivity index (χ4n) is 2.01. The van der Waals surface area contributed by atoms with E-state index in [-0.39, 0.29) is 5.75 Å². The average Bonchev–Trinajstić information content (AvgIpc) is 2.51. The molecule has 0 aromatic rings. The van der Waals surface area contributed by atoms with Gasteiger partial charge in [-0.25, -0.2) is 0 Å². The predicted molar refractivity (Wildman–Crippen MR) is 88.8 cm³/mol. The maximum Gasteiger partial charge on any atom is 0.0701 e. The van der Waals surface area contributed by atoms with Crippen LogP contribution in [0.4, 0.5) is 0 Å². The Balaban J connectivity index is 3.18. The molecule has 0 N–H and O–H groups in total. The summed E-state index contributed by atoms with van der Waals surface area (Å²) in [6.07, 6.45) is 6.37. The van der Waals surface area contributed by atoms with Crippen molar-refractivity contribution < 1.29 is 23.0 Å². The first-order valence-electron chi connectivity index (χ1n) is 8.49. The zero-order valence-electron chi connectivity index (χ0n) is 14.2. The molecule has 0 spiro atoms. The number of unbranched alkanes of at least 4 members (excludes halogenated alkanes) is 2. The van der Waals surface area contributed by atoms with E-state index in [4.69, 9.17) is 14.2 Å². The molecule has 2 atom stereocenters. The molecular weight excluding hydrogens is 304 g/mol. The van der Waals surface area contributed by atoms with Crippen LogP contribution in [0, 0.1) is 5.92 Å². The van der Waals surface area contributed by atoms with Gasteiger partial charge in [-0.2, -0.15) is 0 Å². The van der Waals surface area contributed by atoms with Crippen molar-refractivity contribution in [3.63, 3.8) is 0 Å². The van der Waals surface area contributed by atoms with E-state index in [9.17, 15) is 8.76 Å². The van der Waals surface area contributed by atoms with Crippen LogP contribution in [-0.2, 0) is 25.3 Å². The molecule has 5 nitrogen and oxygen atoms in total. The molecule has 6 heteroatoms. The minimum Gasteiger partial charge on any atom is -0.772 e. The van der Waals surface area contributed by atoms with Crippen LogP contribution in [0.25, 0.3) is 0 Å². The van der Waals surface area contributed by atoms with E-state index in [0.717, 1.165) is 13.0 Å². The van der Waals surface area contributed by atoms with Gasteiger partial charge in [-0.1, -0.05) is 44.2 Å². The summed E-state index contributed by atoms with van der Waals surface area (Å²) in [7, 11) is 0. The largest absolute Gasteiger partial charge is 0.772 e. The summed E-state index contributed by atoms with van der Waals surface area (Å²) in [5, 5.41) is 0. The molecule has 0 aliphatic carbocycles. The third-order valence-electron chi connectivity index (χ3n) is 3.49. The van der Waals surface area contributed by atoms with Crippen LogP contribution >= 0.6 is 0 Å². The molecule has 0 heterocycles. The summed E-state index contributed by atoms with van der Waals surface area (Å²) < 4.78 is 37.0. The molecule has 134 valence electrons. The molecule has 0 saturated carbocycles. The lowest BCUT2D eigenvalue weighted by Gasteiger charge is -2.14. The van der Waals surface area contributed by atoms with Gasteiger partial charge in [0.2, 0.25) is 0 Å². The minimum absolute atomic E-state index is 0.216. The third-order valence-corrected chi connectivity index (χ3v) is 4.11. The standard InChI is InChI=1S/C16H34O5S/c1-3-5-8-16(4-2)15-21-13-12-20-11-10-19-9-6-7-14-22(17)18/h16H,3-15H2,1-2H3,(H,17,18)/p-1. The first-order valence-corrected chi connectivity index (χ1v) is 9.74. The van der Waals surface area contributed by atoms with Crippen molar-refractivity contribution in [1.29, 1.82) is 0 Å². The van der Waals surface area contributed by atoms with Crippen molar-refractivity contribution in [3.8, 4) is 0 Å². The van der Waals surface area contributed by atoms with Gasteiger partial charge in [0.15, 0.2) is 0 Å². The van der Waals surface area contributed by atoms with Gasteiger partial charge in [0, 0.05) is 19.0 Å². The maximum atomic E-state index is 10.3. The summed E-state index contributed by atoms with van der Waals surface area (Å²) in [6, 6.07) is 0. The van der Waals surface area contributed by atoms with E-state index in [1.54, 1.807) is 0 Å². The minimum atomic E-state index is -1.93. The van der Waals surface area contributed by atoms with E-state index in [1.165, 1.54) is 25.7 Å². The molecule has 0 radical (unpaired) electrons. The van der Waals surface area contributed by atoms with Crippen LogP contribution < -0.4 is 0 Å². The molecule has 0 aliphatic heterocycles. The highest BCUT2D eigenvalue weighted by molar-refractivity contribution is 7.79. The topological polar surface area (TPSA) is 67.8 Å². The van der Waals surface area contributed by atoms with Crippen LogP contribution in [0.1, 0.15) is 52.4 Å². The van der Waals surface area contributed by atoms with Gasteiger partial charge in [0.25, 0.3) is 0 Å². The SMILES string of the molecule is CCCCC(CC)COCCOCCOCCCCS(=O)[O-]. The summed E-state index contributed by atoms with van der Waals surface area (Å²) in [4.78, 5) is 0. The average molecular weight is 338 g/mol. The number of hydrogen-bond acceptors (Lipinski definition) is 5. The first kappa shape index (κ1) is 22.0. The van der Waals surface area contributed by atoms with E-state index in [0.29, 0.717) is 45.4 Å². The van der Waals surface area contributed by atoms with Crippen LogP contribution in [0.3, 0.4) is 0 Å². The normalized spacial score (nSPS) is 14.1. The first-order chi connectivity index (χ1) is 10.7. The van der Waals surface area contributed by atoms with E-state index in [1.807, 2.05) is 0 Å². The molecule has 0 aromatic heterocycles. The second-order valence-corrected chi connectivity index (χ2v) is 6.45. The Kier molecular flexibility index (Phi) is 17.3. The van der Waals surface area contributed by atoms with Gasteiger partial charge < -0.3 is 18.8 Å². The summed E-state index contributed by atoms with van der Waals surface area (Å²) in [5.74, 6) is 0.889. The lowest BCUT2D eigenvalue weighted by molar-refractivity contribution is 0.00588. The lowest BCUT2D eigenvalue weighted by Crippen LogP contribution is -2.14. The second-order valence-electron chi connectivity index (χ2n) is 5.43. The Bertz CT molecular complexity index is 251. The van der Waals surface area contributed by atoms with Crippen molar-refractivity contribution in [2.45, 2.75) is 52.4 Å². The van der Waals surface area contributed by atoms with Crippen LogP contribution in [0.2, 0.25) is 0 Å². The number of rotatable bonds is 17. The van der Waals surface area contributed by atoms with E-state index in [2.05, 4.69) is 13.8 Å². The zero-order valence-corrected chi connectivity index (χ0v) is 15.0. The molecule has 22 heavy (non-hydrogen) atoms. The molecule has 0 saturated heterocycles. The van der Waals surface area contributed by atoms with Gasteiger partial charge in [-0.15, -0.1) is 0 Å². The second kappa shape index (κ2) is 17.3. The number of ether oxygens (including phenoxy) is 3. The van der Waals surface area contributed by atoms with E-state index >= 15 is 0 Å². The van der Waals surface area contributed by atoms with Gasteiger partial charge in [-0.05, 0) is 25.2 Å². The quantitative estimate of drug-likeness (QED) is 0.301.